The van der Waals surface area contributed by atoms with Crippen molar-refractivity contribution in [2.75, 3.05) is 35.3 Å². The average Bonchev–Trinajstić information content (AvgIpc) is 3.44. The number of thioether (sulfide) groups is 1. The van der Waals surface area contributed by atoms with Crippen molar-refractivity contribution < 1.29 is 28.7 Å². The number of cyclic esters (lactones) is 1. The Balaban J connectivity index is 1.55. The highest BCUT2D eigenvalue weighted by atomic mass is 35.5. The molecule has 3 rings (SSSR count). The molecular formula is C25H31ClN4O6S2. The third kappa shape index (κ3) is 8.81. The van der Waals surface area contributed by atoms with E-state index in [2.05, 4.69) is 16.0 Å². The summed E-state index contributed by atoms with van der Waals surface area (Å²) in [4.78, 5) is 51.6. The summed E-state index contributed by atoms with van der Waals surface area (Å²) in [5.74, 6) is 0.0154. The van der Waals surface area contributed by atoms with Crippen LogP contribution in [0.4, 0.5) is 21.0 Å². The highest BCUT2D eigenvalue weighted by molar-refractivity contribution is 7.98. The molecule has 2 unspecified atom stereocenters. The van der Waals surface area contributed by atoms with E-state index in [-0.39, 0.29) is 24.9 Å². The molecule has 38 heavy (non-hydrogen) atoms. The molecule has 2 heterocycles. The zero-order valence-corrected chi connectivity index (χ0v) is 23.9. The van der Waals surface area contributed by atoms with Gasteiger partial charge in [0.2, 0.25) is 5.91 Å². The third-order valence-electron chi connectivity index (χ3n) is 5.23. The van der Waals surface area contributed by atoms with Crippen LogP contribution >= 0.6 is 34.7 Å². The van der Waals surface area contributed by atoms with E-state index in [1.807, 2.05) is 6.26 Å². The van der Waals surface area contributed by atoms with Gasteiger partial charge in [0.25, 0.3) is 5.91 Å². The van der Waals surface area contributed by atoms with Crippen LogP contribution in [0, 0.1) is 0 Å². The topological polar surface area (TPSA) is 126 Å². The number of rotatable bonds is 10. The molecule has 0 spiro atoms. The van der Waals surface area contributed by atoms with E-state index in [1.165, 1.54) is 16.2 Å². The average molecular weight is 583 g/mol. The Labute approximate surface area is 234 Å². The molecular weight excluding hydrogens is 552 g/mol. The minimum Gasteiger partial charge on any atom is -0.444 e. The maximum absolute atomic E-state index is 12.9. The van der Waals surface area contributed by atoms with Crippen LogP contribution in [-0.4, -0.2) is 66.8 Å². The molecule has 206 valence electrons. The molecule has 1 aromatic heterocycles. The van der Waals surface area contributed by atoms with Gasteiger partial charge in [0, 0.05) is 11.4 Å². The van der Waals surface area contributed by atoms with Gasteiger partial charge in [0.05, 0.1) is 22.3 Å². The SMILES string of the molecule is CSCCC(NC(=O)OC(C)(C)C)C(=O)Nc1ccc(N2CC(CNC(=O)c3ccc(Cl)s3)OC2=O)cc1. The lowest BCUT2D eigenvalue weighted by Crippen LogP contribution is -2.46. The molecule has 1 aromatic carbocycles. The van der Waals surface area contributed by atoms with Crippen molar-refractivity contribution in [1.82, 2.24) is 10.6 Å². The number of ether oxygens (including phenoxy) is 2. The maximum atomic E-state index is 12.9. The first-order valence-corrected chi connectivity index (χ1v) is 14.4. The molecule has 2 atom stereocenters. The first-order chi connectivity index (χ1) is 17.9. The van der Waals surface area contributed by atoms with Gasteiger partial charge in [-0.15, -0.1) is 11.3 Å². The number of hydrogen-bond donors (Lipinski definition) is 3. The van der Waals surface area contributed by atoms with Gasteiger partial charge in [-0.3, -0.25) is 14.5 Å². The van der Waals surface area contributed by atoms with Crippen LogP contribution in [0.25, 0.3) is 0 Å². The molecule has 0 radical (unpaired) electrons. The summed E-state index contributed by atoms with van der Waals surface area (Å²) in [7, 11) is 0. The van der Waals surface area contributed by atoms with Gasteiger partial charge in [-0.1, -0.05) is 11.6 Å². The highest BCUT2D eigenvalue weighted by Crippen LogP contribution is 2.24. The van der Waals surface area contributed by atoms with Crippen LogP contribution in [0.2, 0.25) is 4.34 Å². The normalized spacial score (nSPS) is 16.0. The van der Waals surface area contributed by atoms with Gasteiger partial charge in [-0.25, -0.2) is 9.59 Å². The fourth-order valence-electron chi connectivity index (χ4n) is 3.48. The summed E-state index contributed by atoms with van der Waals surface area (Å²) in [6.45, 7) is 5.67. The Hall–Kier alpha value is -2.96. The molecule has 1 fully saturated rings. The number of thiophene rings is 1. The zero-order valence-electron chi connectivity index (χ0n) is 21.5. The Bertz CT molecular complexity index is 1150. The van der Waals surface area contributed by atoms with Crippen molar-refractivity contribution in [1.29, 1.82) is 0 Å². The molecule has 4 amide bonds. The van der Waals surface area contributed by atoms with E-state index >= 15 is 0 Å². The van der Waals surface area contributed by atoms with Gasteiger partial charge >= 0.3 is 12.2 Å². The number of nitrogens with zero attached hydrogens (tertiary/aromatic N) is 1. The summed E-state index contributed by atoms with van der Waals surface area (Å²) in [5, 5.41) is 8.18. The lowest BCUT2D eigenvalue weighted by Gasteiger charge is -2.23. The maximum Gasteiger partial charge on any atom is 0.414 e. The van der Waals surface area contributed by atoms with Crippen molar-refractivity contribution in [3.05, 3.63) is 45.6 Å². The fraction of sp³-hybridized carbons (Fsp3) is 0.440. The molecule has 0 bridgehead atoms. The Morgan fingerprint density at radius 1 is 1.21 bits per heavy atom. The molecule has 3 N–H and O–H groups in total. The standard InChI is InChI=1S/C25H31ClN4O6S2/c1-25(2,3)36-23(33)29-18(11-12-37-4)21(31)28-15-5-7-16(8-6-15)30-14-17(35-24(30)34)13-27-22(32)19-9-10-20(26)38-19/h5-10,17-18H,11-14H2,1-4H3,(H,27,32)(H,28,31)(H,29,33). The van der Waals surface area contributed by atoms with E-state index in [4.69, 9.17) is 21.1 Å². The number of halogens is 1. The minimum atomic E-state index is -0.772. The van der Waals surface area contributed by atoms with Crippen LogP contribution < -0.4 is 20.9 Å². The van der Waals surface area contributed by atoms with Crippen LogP contribution in [0.15, 0.2) is 36.4 Å². The molecule has 1 aliphatic rings. The summed E-state index contributed by atoms with van der Waals surface area (Å²) >= 11 is 8.60. The summed E-state index contributed by atoms with van der Waals surface area (Å²) in [5.41, 5.74) is 0.405. The largest absolute Gasteiger partial charge is 0.444 e. The number of benzene rings is 1. The first-order valence-electron chi connectivity index (χ1n) is 11.9. The summed E-state index contributed by atoms with van der Waals surface area (Å²) in [6, 6.07) is 9.20. The second kappa shape index (κ2) is 13.2. The number of alkyl carbamates (subject to hydrolysis) is 1. The number of nitrogens with one attached hydrogen (secondary N) is 3. The number of anilines is 2. The predicted molar refractivity (Wildman–Crippen MR) is 151 cm³/mol. The van der Waals surface area contributed by atoms with Crippen LogP contribution in [0.1, 0.15) is 36.9 Å². The lowest BCUT2D eigenvalue weighted by molar-refractivity contribution is -0.118. The van der Waals surface area contributed by atoms with E-state index in [0.717, 1.165) is 0 Å². The Kier molecular flexibility index (Phi) is 10.3. The fourth-order valence-corrected chi connectivity index (χ4v) is 4.91. The van der Waals surface area contributed by atoms with Crippen LogP contribution in [-0.2, 0) is 14.3 Å². The quantitative estimate of drug-likeness (QED) is 0.369. The van der Waals surface area contributed by atoms with Gasteiger partial charge < -0.3 is 25.4 Å². The zero-order chi connectivity index (χ0) is 27.9. The van der Waals surface area contributed by atoms with Gasteiger partial charge in [-0.2, -0.15) is 11.8 Å². The number of carbonyl (C=O) groups is 4. The van der Waals surface area contributed by atoms with E-state index in [1.54, 1.807) is 68.9 Å². The second-order valence-electron chi connectivity index (χ2n) is 9.45. The number of hydrogen-bond acceptors (Lipinski definition) is 8. The van der Waals surface area contributed by atoms with Crippen molar-refractivity contribution >= 4 is 70.1 Å². The molecule has 0 aliphatic carbocycles. The number of carbonyl (C=O) groups excluding carboxylic acids is 4. The predicted octanol–water partition coefficient (Wildman–Crippen LogP) is 4.74. The molecule has 1 aliphatic heterocycles. The molecule has 0 saturated carbocycles. The third-order valence-corrected chi connectivity index (χ3v) is 7.10. The lowest BCUT2D eigenvalue weighted by atomic mass is 10.2. The molecule has 13 heteroatoms. The van der Waals surface area contributed by atoms with E-state index < -0.39 is 29.9 Å². The smallest absolute Gasteiger partial charge is 0.414 e. The van der Waals surface area contributed by atoms with Crippen molar-refractivity contribution in [2.24, 2.45) is 0 Å². The van der Waals surface area contributed by atoms with Crippen molar-refractivity contribution in [3.8, 4) is 0 Å². The van der Waals surface area contributed by atoms with E-state index in [0.29, 0.717) is 32.8 Å². The molecule has 1 saturated heterocycles. The van der Waals surface area contributed by atoms with Crippen LogP contribution in [0.3, 0.4) is 0 Å². The van der Waals surface area contributed by atoms with Crippen LogP contribution in [0.5, 0.6) is 0 Å². The number of amides is 4. The van der Waals surface area contributed by atoms with Crippen molar-refractivity contribution in [2.45, 2.75) is 44.9 Å². The van der Waals surface area contributed by atoms with Gasteiger partial charge in [0.1, 0.15) is 17.7 Å². The van der Waals surface area contributed by atoms with Gasteiger partial charge in [-0.05, 0) is 75.6 Å². The monoisotopic (exact) mass is 582 g/mol. The van der Waals surface area contributed by atoms with E-state index in [9.17, 15) is 19.2 Å². The summed E-state index contributed by atoms with van der Waals surface area (Å²) in [6.07, 6.45) is 0.646. The van der Waals surface area contributed by atoms with Gasteiger partial charge in [0.15, 0.2) is 0 Å². The molecule has 10 nitrogen and oxygen atoms in total. The first kappa shape index (κ1) is 29.6. The Morgan fingerprint density at radius 3 is 2.53 bits per heavy atom. The highest BCUT2D eigenvalue weighted by Gasteiger charge is 2.33. The Morgan fingerprint density at radius 2 is 1.92 bits per heavy atom. The molecule has 2 aromatic rings. The minimum absolute atomic E-state index is 0.160. The van der Waals surface area contributed by atoms with Crippen molar-refractivity contribution in [3.63, 3.8) is 0 Å². The second-order valence-corrected chi connectivity index (χ2v) is 12.1. The summed E-state index contributed by atoms with van der Waals surface area (Å²) < 4.78 is 11.2.